The summed E-state index contributed by atoms with van der Waals surface area (Å²) >= 11 is 1.64. The van der Waals surface area contributed by atoms with Crippen molar-refractivity contribution in [3.8, 4) is 0 Å². The molecular formula is C13H18O2S. The summed E-state index contributed by atoms with van der Waals surface area (Å²) in [6, 6.07) is 10.2. The lowest BCUT2D eigenvalue weighted by Crippen LogP contribution is -2.11. The molecule has 0 saturated carbocycles. The molecule has 16 heavy (non-hydrogen) atoms. The van der Waals surface area contributed by atoms with Crippen molar-refractivity contribution in [2.24, 2.45) is 0 Å². The van der Waals surface area contributed by atoms with E-state index in [4.69, 9.17) is 4.74 Å². The van der Waals surface area contributed by atoms with Crippen LogP contribution in [-0.4, -0.2) is 11.4 Å². The average Bonchev–Trinajstić information content (AvgIpc) is 2.28. The fourth-order valence-corrected chi connectivity index (χ4v) is 2.06. The van der Waals surface area contributed by atoms with Gasteiger partial charge in [0.1, 0.15) is 5.44 Å². The van der Waals surface area contributed by atoms with Crippen LogP contribution >= 0.6 is 11.8 Å². The molecular weight excluding hydrogens is 220 g/mol. The van der Waals surface area contributed by atoms with Crippen molar-refractivity contribution in [3.63, 3.8) is 0 Å². The zero-order chi connectivity index (χ0) is 11.8. The van der Waals surface area contributed by atoms with Crippen molar-refractivity contribution < 1.29 is 9.53 Å². The smallest absolute Gasteiger partial charge is 0.306 e. The lowest BCUT2D eigenvalue weighted by molar-refractivity contribution is -0.144. The Bertz CT molecular complexity index is 311. The van der Waals surface area contributed by atoms with Gasteiger partial charge in [-0.3, -0.25) is 4.79 Å². The summed E-state index contributed by atoms with van der Waals surface area (Å²) in [5.41, 5.74) is 1.19. The molecule has 0 spiro atoms. The van der Waals surface area contributed by atoms with Gasteiger partial charge in [-0.2, -0.15) is 0 Å². The number of carbonyl (C=O) groups excluding carboxylic acids is 1. The number of rotatable bonds is 6. The zero-order valence-corrected chi connectivity index (χ0v) is 10.6. The van der Waals surface area contributed by atoms with E-state index in [-0.39, 0.29) is 11.4 Å². The van der Waals surface area contributed by atoms with Gasteiger partial charge in [-0.25, -0.2) is 0 Å². The fraction of sp³-hybridized carbons (Fsp3) is 0.462. The summed E-state index contributed by atoms with van der Waals surface area (Å²) in [7, 11) is 0. The minimum Gasteiger partial charge on any atom is -0.452 e. The van der Waals surface area contributed by atoms with Crippen molar-refractivity contribution in [1.82, 2.24) is 0 Å². The molecule has 1 unspecified atom stereocenters. The Morgan fingerprint density at radius 3 is 2.69 bits per heavy atom. The molecule has 1 rings (SSSR count). The number of ether oxygens (including phenoxy) is 1. The van der Waals surface area contributed by atoms with Gasteiger partial charge in [0.25, 0.3) is 0 Å². The van der Waals surface area contributed by atoms with Crippen molar-refractivity contribution in [1.29, 1.82) is 0 Å². The molecule has 1 aromatic carbocycles. The van der Waals surface area contributed by atoms with Gasteiger partial charge in [0, 0.05) is 12.2 Å². The SMILES string of the molecule is CCCC(=O)OC(C)SCc1ccccc1. The molecule has 0 aliphatic heterocycles. The van der Waals surface area contributed by atoms with Crippen LogP contribution < -0.4 is 0 Å². The van der Waals surface area contributed by atoms with E-state index in [1.165, 1.54) is 5.56 Å². The highest BCUT2D eigenvalue weighted by molar-refractivity contribution is 7.98. The number of esters is 1. The maximum absolute atomic E-state index is 11.2. The Kier molecular flexibility index (Phi) is 6.01. The number of hydrogen-bond donors (Lipinski definition) is 0. The van der Waals surface area contributed by atoms with Gasteiger partial charge in [-0.1, -0.05) is 37.3 Å². The van der Waals surface area contributed by atoms with Crippen LogP contribution in [0.3, 0.4) is 0 Å². The van der Waals surface area contributed by atoms with E-state index in [2.05, 4.69) is 12.1 Å². The third-order valence-electron chi connectivity index (χ3n) is 2.08. The van der Waals surface area contributed by atoms with Crippen molar-refractivity contribution >= 4 is 17.7 Å². The molecule has 0 aromatic heterocycles. The summed E-state index contributed by atoms with van der Waals surface area (Å²) in [5, 5.41) is 0. The summed E-state index contributed by atoms with van der Waals surface area (Å²) in [6.45, 7) is 3.89. The third-order valence-corrected chi connectivity index (χ3v) is 3.14. The van der Waals surface area contributed by atoms with E-state index in [1.807, 2.05) is 32.0 Å². The monoisotopic (exact) mass is 238 g/mol. The lowest BCUT2D eigenvalue weighted by atomic mass is 10.2. The maximum Gasteiger partial charge on any atom is 0.306 e. The van der Waals surface area contributed by atoms with E-state index < -0.39 is 0 Å². The van der Waals surface area contributed by atoms with Gasteiger partial charge in [-0.15, -0.1) is 11.8 Å². The summed E-state index contributed by atoms with van der Waals surface area (Å²) in [6.07, 6.45) is 1.35. The second-order valence-corrected chi connectivity index (χ2v) is 4.89. The Labute approximate surface area is 101 Å². The van der Waals surface area contributed by atoms with Gasteiger partial charge in [0.2, 0.25) is 0 Å². The Hall–Kier alpha value is -0.960. The van der Waals surface area contributed by atoms with Crippen LogP contribution in [-0.2, 0) is 15.3 Å². The summed E-state index contributed by atoms with van der Waals surface area (Å²) < 4.78 is 5.24. The first-order valence-electron chi connectivity index (χ1n) is 5.57. The normalized spacial score (nSPS) is 12.1. The minimum absolute atomic E-state index is 0.0701. The van der Waals surface area contributed by atoms with Gasteiger partial charge in [0.15, 0.2) is 0 Å². The first kappa shape index (κ1) is 13.1. The van der Waals surface area contributed by atoms with E-state index >= 15 is 0 Å². The molecule has 1 aromatic rings. The standard InChI is InChI=1S/C13H18O2S/c1-3-7-13(14)15-11(2)16-10-12-8-5-4-6-9-12/h4-6,8-9,11H,3,7,10H2,1-2H3. The van der Waals surface area contributed by atoms with Crippen molar-refractivity contribution in [2.45, 2.75) is 37.9 Å². The van der Waals surface area contributed by atoms with E-state index in [0.717, 1.165) is 12.2 Å². The second-order valence-electron chi connectivity index (χ2n) is 3.60. The zero-order valence-electron chi connectivity index (χ0n) is 9.81. The topological polar surface area (TPSA) is 26.3 Å². The first-order chi connectivity index (χ1) is 7.72. The molecule has 0 heterocycles. The van der Waals surface area contributed by atoms with Gasteiger partial charge < -0.3 is 4.74 Å². The van der Waals surface area contributed by atoms with E-state index in [1.54, 1.807) is 11.8 Å². The predicted octanol–water partition coefficient (Wildman–Crippen LogP) is 3.61. The number of thioether (sulfide) groups is 1. The minimum atomic E-state index is -0.101. The Morgan fingerprint density at radius 1 is 1.38 bits per heavy atom. The summed E-state index contributed by atoms with van der Waals surface area (Å²) in [5.74, 6) is 0.775. The van der Waals surface area contributed by atoms with E-state index in [0.29, 0.717) is 6.42 Å². The average molecular weight is 238 g/mol. The van der Waals surface area contributed by atoms with Crippen LogP contribution in [0.4, 0.5) is 0 Å². The van der Waals surface area contributed by atoms with Gasteiger partial charge >= 0.3 is 5.97 Å². The molecule has 0 fully saturated rings. The lowest BCUT2D eigenvalue weighted by Gasteiger charge is -2.12. The fourth-order valence-electron chi connectivity index (χ4n) is 1.27. The van der Waals surface area contributed by atoms with Crippen LogP contribution in [0.1, 0.15) is 32.3 Å². The molecule has 3 heteroatoms. The number of hydrogen-bond acceptors (Lipinski definition) is 3. The van der Waals surface area contributed by atoms with Gasteiger partial charge in [0.05, 0.1) is 0 Å². The van der Waals surface area contributed by atoms with Crippen LogP contribution in [0.25, 0.3) is 0 Å². The molecule has 0 aliphatic carbocycles. The highest BCUT2D eigenvalue weighted by Crippen LogP contribution is 2.18. The Balaban J connectivity index is 2.25. The quantitative estimate of drug-likeness (QED) is 0.559. The molecule has 0 saturated heterocycles. The van der Waals surface area contributed by atoms with Crippen LogP contribution in [0.15, 0.2) is 30.3 Å². The molecule has 1 atom stereocenters. The largest absolute Gasteiger partial charge is 0.452 e. The van der Waals surface area contributed by atoms with Crippen molar-refractivity contribution in [2.75, 3.05) is 0 Å². The molecule has 0 N–H and O–H groups in total. The summed E-state index contributed by atoms with van der Waals surface area (Å²) in [4.78, 5) is 11.2. The molecule has 0 radical (unpaired) electrons. The molecule has 2 nitrogen and oxygen atoms in total. The number of carbonyl (C=O) groups is 1. The predicted molar refractivity (Wildman–Crippen MR) is 68.2 cm³/mol. The first-order valence-corrected chi connectivity index (χ1v) is 6.62. The van der Waals surface area contributed by atoms with Crippen LogP contribution in [0.2, 0.25) is 0 Å². The Morgan fingerprint density at radius 2 is 2.06 bits per heavy atom. The van der Waals surface area contributed by atoms with Crippen molar-refractivity contribution in [3.05, 3.63) is 35.9 Å². The molecule has 0 bridgehead atoms. The van der Waals surface area contributed by atoms with Gasteiger partial charge in [-0.05, 0) is 18.9 Å². The van der Waals surface area contributed by atoms with E-state index in [9.17, 15) is 4.79 Å². The molecule has 88 valence electrons. The second kappa shape index (κ2) is 7.34. The number of benzene rings is 1. The third kappa shape index (κ3) is 5.21. The molecule has 0 aliphatic rings. The van der Waals surface area contributed by atoms with Crippen LogP contribution in [0, 0.1) is 0 Å². The highest BCUT2D eigenvalue weighted by Gasteiger charge is 2.08. The molecule has 0 amide bonds. The maximum atomic E-state index is 11.2. The highest BCUT2D eigenvalue weighted by atomic mass is 32.2. The van der Waals surface area contributed by atoms with Crippen LogP contribution in [0.5, 0.6) is 0 Å².